The van der Waals surface area contributed by atoms with Gasteiger partial charge in [-0.15, -0.1) is 11.3 Å². The van der Waals surface area contributed by atoms with E-state index >= 15 is 17.6 Å². The fourth-order valence-electron chi connectivity index (χ4n) is 8.32. The zero-order valence-electron chi connectivity index (χ0n) is 34.6. The number of amides is 2. The average molecular weight is 859 g/mol. The SMILES string of the molecule is [C-]#[N+]c1c(NC(=O)OC(C)(C)C)sc2c(F)ccc(-c3cc4nc(OC[C@@]56CCCN5C[C@H](F)C6)nc(N5C[C@@H](C)N(C(=O)OC(C)(C)C)C[C@@H]5C)c4nc3C(F)(F)F)c12. The molecular formula is C41H47F5N8O5S. The summed E-state index contributed by atoms with van der Waals surface area (Å²) in [5, 5.41) is 2.18. The number of piperazine rings is 1. The zero-order valence-corrected chi connectivity index (χ0v) is 35.4. The van der Waals surface area contributed by atoms with Gasteiger partial charge in [-0.25, -0.2) is 28.2 Å². The summed E-state index contributed by atoms with van der Waals surface area (Å²) < 4.78 is 93.3. The summed E-state index contributed by atoms with van der Waals surface area (Å²) in [4.78, 5) is 48.3. The van der Waals surface area contributed by atoms with Crippen LogP contribution in [0.15, 0.2) is 18.2 Å². The molecule has 3 aliphatic heterocycles. The molecule has 6 heterocycles. The molecule has 1 aromatic carbocycles. The maximum atomic E-state index is 15.5. The van der Waals surface area contributed by atoms with E-state index in [0.717, 1.165) is 18.6 Å². The van der Waals surface area contributed by atoms with Crippen molar-refractivity contribution in [1.29, 1.82) is 0 Å². The fourth-order valence-corrected chi connectivity index (χ4v) is 9.38. The Hall–Kier alpha value is -5.09. The summed E-state index contributed by atoms with van der Waals surface area (Å²) >= 11 is 0.688. The van der Waals surface area contributed by atoms with Gasteiger partial charge in [0.2, 0.25) is 5.69 Å². The number of alkyl halides is 4. The predicted octanol–water partition coefficient (Wildman–Crippen LogP) is 9.75. The number of hydrogen-bond donors (Lipinski definition) is 1. The Balaban J connectivity index is 1.39. The van der Waals surface area contributed by atoms with Crippen molar-refractivity contribution in [3.05, 3.63) is 41.1 Å². The molecule has 322 valence electrons. The molecule has 3 fully saturated rings. The fraction of sp³-hybridized carbons (Fsp3) is 0.561. The van der Waals surface area contributed by atoms with E-state index in [0.29, 0.717) is 24.3 Å². The number of halogens is 5. The van der Waals surface area contributed by atoms with Crippen LogP contribution in [0.25, 0.3) is 37.1 Å². The van der Waals surface area contributed by atoms with Crippen LogP contribution in [0, 0.1) is 12.4 Å². The lowest BCUT2D eigenvalue weighted by Crippen LogP contribution is -2.59. The summed E-state index contributed by atoms with van der Waals surface area (Å²) in [6, 6.07) is 2.15. The van der Waals surface area contributed by atoms with Crippen LogP contribution in [-0.2, 0) is 15.7 Å². The molecule has 0 radical (unpaired) electrons. The van der Waals surface area contributed by atoms with Crippen LogP contribution in [0.2, 0.25) is 0 Å². The second-order valence-corrected chi connectivity index (χ2v) is 18.8. The highest BCUT2D eigenvalue weighted by Gasteiger charge is 2.49. The number of thiophene rings is 1. The second-order valence-electron chi connectivity index (χ2n) is 17.7. The van der Waals surface area contributed by atoms with Crippen LogP contribution in [0.4, 0.5) is 48.0 Å². The lowest BCUT2D eigenvalue weighted by Gasteiger charge is -2.44. The first-order valence-electron chi connectivity index (χ1n) is 19.7. The number of anilines is 2. The molecular weight excluding hydrogens is 812 g/mol. The number of aromatic nitrogens is 3. The van der Waals surface area contributed by atoms with Gasteiger partial charge in [-0.3, -0.25) is 10.2 Å². The Morgan fingerprint density at radius 1 is 1.00 bits per heavy atom. The Morgan fingerprint density at radius 2 is 1.72 bits per heavy atom. The molecule has 4 atom stereocenters. The number of pyridine rings is 1. The van der Waals surface area contributed by atoms with Gasteiger partial charge in [0.25, 0.3) is 0 Å². The Morgan fingerprint density at radius 3 is 2.38 bits per heavy atom. The molecule has 3 saturated heterocycles. The molecule has 0 bridgehead atoms. The van der Waals surface area contributed by atoms with E-state index in [9.17, 15) is 14.0 Å². The van der Waals surface area contributed by atoms with Gasteiger partial charge in [-0.2, -0.15) is 23.1 Å². The van der Waals surface area contributed by atoms with Crippen LogP contribution in [-0.4, -0.2) is 105 Å². The molecule has 0 aliphatic carbocycles. The van der Waals surface area contributed by atoms with E-state index < -0.39 is 70.4 Å². The number of carbonyl (C=O) groups excluding carboxylic acids is 2. The van der Waals surface area contributed by atoms with Gasteiger partial charge in [-0.1, -0.05) is 6.07 Å². The van der Waals surface area contributed by atoms with Crippen LogP contribution < -0.4 is 15.0 Å². The van der Waals surface area contributed by atoms with Crippen molar-refractivity contribution in [2.75, 3.05) is 43.0 Å². The molecule has 1 N–H and O–H groups in total. The maximum absolute atomic E-state index is 15.5. The first-order valence-corrected chi connectivity index (χ1v) is 20.5. The summed E-state index contributed by atoms with van der Waals surface area (Å²) in [6.45, 7) is 23.0. The lowest BCUT2D eigenvalue weighted by molar-refractivity contribution is -0.140. The standard InChI is InChI=1S/C41H47F5N8O5S/c1-21-18-54(37(56)59-39(6,7)8)22(2)17-53(21)33-29-27(48-35(50-33)57-20-40-13-10-14-52(40)19-23(42)16-40)15-25(32(49-29)41(44,45)46)24-11-12-26(43)31-28(24)30(47-9)34(60-31)51-36(55)58-38(3,4)5/h11-12,15,21-23H,10,13-14,16-20H2,1-8H3,(H,51,55)/t21-,22+,23+,40-/m0/s1. The molecule has 0 spiro atoms. The van der Waals surface area contributed by atoms with E-state index in [2.05, 4.69) is 30.0 Å². The van der Waals surface area contributed by atoms with E-state index in [1.165, 1.54) is 6.07 Å². The number of nitrogens with one attached hydrogen (secondary N) is 1. The van der Waals surface area contributed by atoms with Crippen molar-refractivity contribution in [3.8, 4) is 17.1 Å². The number of rotatable bonds is 6. The van der Waals surface area contributed by atoms with Gasteiger partial charge in [0.05, 0.1) is 22.3 Å². The van der Waals surface area contributed by atoms with Crippen molar-refractivity contribution in [3.63, 3.8) is 0 Å². The number of carbonyl (C=O) groups is 2. The third kappa shape index (κ3) is 8.45. The van der Waals surface area contributed by atoms with E-state index in [1.807, 2.05) is 0 Å². The molecule has 0 saturated carbocycles. The van der Waals surface area contributed by atoms with Gasteiger partial charge in [-0.05, 0) is 92.5 Å². The zero-order chi connectivity index (χ0) is 43.7. The van der Waals surface area contributed by atoms with Crippen LogP contribution in [0.5, 0.6) is 6.01 Å². The summed E-state index contributed by atoms with van der Waals surface area (Å²) in [5.74, 6) is -0.795. The van der Waals surface area contributed by atoms with Crippen molar-refractivity contribution in [1.82, 2.24) is 24.8 Å². The minimum atomic E-state index is -5.08. The number of fused-ring (bicyclic) bond motifs is 3. The maximum Gasteiger partial charge on any atom is 0.433 e. The monoisotopic (exact) mass is 858 g/mol. The molecule has 4 aromatic rings. The van der Waals surface area contributed by atoms with Crippen molar-refractivity contribution in [2.45, 2.75) is 116 Å². The summed E-state index contributed by atoms with van der Waals surface area (Å²) in [7, 11) is 0. The number of nitrogens with zero attached hydrogens (tertiary/aromatic N) is 7. The first-order chi connectivity index (χ1) is 28.0. The highest BCUT2D eigenvalue weighted by Crippen LogP contribution is 2.50. The largest absolute Gasteiger partial charge is 0.461 e. The number of ether oxygens (including phenoxy) is 3. The Kier molecular flexibility index (Phi) is 11.1. The molecule has 3 aromatic heterocycles. The van der Waals surface area contributed by atoms with Crippen molar-refractivity contribution >= 4 is 61.1 Å². The Labute approximate surface area is 348 Å². The summed E-state index contributed by atoms with van der Waals surface area (Å²) in [6.07, 6.45) is -5.80. The minimum absolute atomic E-state index is 0.0243. The smallest absolute Gasteiger partial charge is 0.433 e. The van der Waals surface area contributed by atoms with Crippen LogP contribution in [0.3, 0.4) is 0 Å². The molecule has 2 amide bonds. The molecule has 0 unspecified atom stereocenters. The van der Waals surface area contributed by atoms with Gasteiger partial charge in [0, 0.05) is 49.1 Å². The quantitative estimate of drug-likeness (QED) is 0.148. The van der Waals surface area contributed by atoms with Crippen LogP contribution >= 0.6 is 11.3 Å². The number of hydrogen-bond acceptors (Lipinski definition) is 11. The highest BCUT2D eigenvalue weighted by atomic mass is 32.1. The molecule has 13 nitrogen and oxygen atoms in total. The molecule has 19 heteroatoms. The van der Waals surface area contributed by atoms with E-state index in [1.54, 1.807) is 65.2 Å². The van der Waals surface area contributed by atoms with Gasteiger partial charge < -0.3 is 24.0 Å². The Bertz CT molecular complexity index is 2390. The summed E-state index contributed by atoms with van der Waals surface area (Å²) in [5.41, 5.74) is -4.85. The van der Waals surface area contributed by atoms with Crippen molar-refractivity contribution < 1.29 is 45.8 Å². The van der Waals surface area contributed by atoms with E-state index in [-0.39, 0.29) is 81.9 Å². The van der Waals surface area contributed by atoms with E-state index in [4.69, 9.17) is 20.8 Å². The number of benzene rings is 1. The normalized spacial score (nSPS) is 22.6. The molecule has 60 heavy (non-hydrogen) atoms. The van der Waals surface area contributed by atoms with Gasteiger partial charge in [0.1, 0.15) is 40.3 Å². The average Bonchev–Trinajstić information content (AvgIpc) is 3.78. The van der Waals surface area contributed by atoms with Gasteiger partial charge in [0.15, 0.2) is 11.5 Å². The van der Waals surface area contributed by atoms with Crippen LogP contribution in [0.1, 0.15) is 80.3 Å². The third-order valence-electron chi connectivity index (χ3n) is 10.8. The third-order valence-corrected chi connectivity index (χ3v) is 11.9. The first kappa shape index (κ1) is 43.0. The molecule has 7 rings (SSSR count). The molecule has 3 aliphatic rings. The minimum Gasteiger partial charge on any atom is -0.461 e. The topological polar surface area (TPSA) is 127 Å². The highest BCUT2D eigenvalue weighted by molar-refractivity contribution is 7.24. The lowest BCUT2D eigenvalue weighted by atomic mass is 9.95. The van der Waals surface area contributed by atoms with Gasteiger partial charge >= 0.3 is 24.4 Å². The van der Waals surface area contributed by atoms with Crippen molar-refractivity contribution in [2.24, 2.45) is 0 Å². The second kappa shape index (κ2) is 15.4. The predicted molar refractivity (Wildman–Crippen MR) is 217 cm³/mol.